The van der Waals surface area contributed by atoms with Crippen LogP contribution in [-0.2, 0) is 17.1 Å². The Hall–Kier alpha value is -3.51. The Bertz CT molecular complexity index is 1510. The van der Waals surface area contributed by atoms with Crippen molar-refractivity contribution in [1.29, 1.82) is 0 Å². The van der Waals surface area contributed by atoms with E-state index in [1.165, 1.54) is 47.4 Å². The summed E-state index contributed by atoms with van der Waals surface area (Å²) in [7, 11) is 0. The third-order valence-electron chi connectivity index (χ3n) is 6.16. The van der Waals surface area contributed by atoms with Crippen LogP contribution >= 0.6 is 23.1 Å². The van der Waals surface area contributed by atoms with E-state index in [1.807, 2.05) is 6.07 Å². The van der Waals surface area contributed by atoms with Gasteiger partial charge in [0.2, 0.25) is 0 Å². The minimum Gasteiger partial charge on any atom is -0.482 e. The molecule has 0 radical (unpaired) electrons. The number of benzene rings is 3. The van der Waals surface area contributed by atoms with Crippen molar-refractivity contribution in [3.05, 3.63) is 99.6 Å². The molecule has 0 spiro atoms. The fourth-order valence-corrected chi connectivity index (χ4v) is 6.53. The van der Waals surface area contributed by atoms with Gasteiger partial charge in [0.1, 0.15) is 10.8 Å². The van der Waals surface area contributed by atoms with Crippen molar-refractivity contribution in [3.63, 3.8) is 0 Å². The highest BCUT2D eigenvalue weighted by Gasteiger charge is 2.32. The number of carboxylic acid groups (broad SMARTS) is 1. The summed E-state index contributed by atoms with van der Waals surface area (Å²) in [4.78, 5) is 17.0. The van der Waals surface area contributed by atoms with Gasteiger partial charge in [-0.15, -0.1) is 23.1 Å². The quantitative estimate of drug-likeness (QED) is 0.151. The van der Waals surface area contributed by atoms with Crippen molar-refractivity contribution >= 4 is 29.1 Å². The van der Waals surface area contributed by atoms with Crippen molar-refractivity contribution in [1.82, 2.24) is 4.98 Å². The third-order valence-corrected chi connectivity index (χ3v) is 8.57. The molecule has 0 fully saturated rings. The maximum Gasteiger partial charge on any atom is 0.416 e. The van der Waals surface area contributed by atoms with Crippen molar-refractivity contribution < 1.29 is 41.0 Å². The van der Waals surface area contributed by atoms with E-state index in [0.717, 1.165) is 39.6 Å². The number of aliphatic carboxylic acids is 1. The van der Waals surface area contributed by atoms with Crippen LogP contribution in [0, 0.1) is 13.8 Å². The van der Waals surface area contributed by atoms with E-state index in [-0.39, 0.29) is 5.92 Å². The molecular weight excluding hydrogens is 588 g/mol. The number of thioether (sulfide) groups is 1. The topological polar surface area (TPSA) is 59.4 Å². The van der Waals surface area contributed by atoms with Crippen LogP contribution in [0.2, 0.25) is 0 Å². The van der Waals surface area contributed by atoms with Gasteiger partial charge in [0.05, 0.1) is 16.8 Å². The molecule has 41 heavy (non-hydrogen) atoms. The highest BCUT2D eigenvalue weighted by atomic mass is 32.2. The molecule has 0 aliphatic heterocycles. The molecule has 0 aliphatic carbocycles. The fraction of sp³-hybridized carbons (Fsp3) is 0.241. The number of alkyl halides is 6. The lowest BCUT2D eigenvalue weighted by molar-refractivity contribution is -0.139. The number of ether oxygens (including phenoxy) is 1. The fourth-order valence-electron chi connectivity index (χ4n) is 4.08. The lowest BCUT2D eigenvalue weighted by atomic mass is 9.97. The lowest BCUT2D eigenvalue weighted by Crippen LogP contribution is -2.10. The van der Waals surface area contributed by atoms with E-state index in [2.05, 4.69) is 4.98 Å². The van der Waals surface area contributed by atoms with Crippen molar-refractivity contribution in [2.45, 2.75) is 37.0 Å². The summed E-state index contributed by atoms with van der Waals surface area (Å²) in [5.41, 5.74) is 0.943. The van der Waals surface area contributed by atoms with Crippen LogP contribution in [0.4, 0.5) is 26.3 Å². The summed E-state index contributed by atoms with van der Waals surface area (Å²) < 4.78 is 84.0. The number of rotatable bonds is 9. The van der Waals surface area contributed by atoms with Gasteiger partial charge in [-0.25, -0.2) is 9.78 Å². The first kappa shape index (κ1) is 30.4. The molecule has 1 heterocycles. The first-order valence-corrected chi connectivity index (χ1v) is 13.9. The second-order valence-corrected chi connectivity index (χ2v) is 11.3. The molecule has 1 N–H and O–H groups in total. The first-order valence-electron chi connectivity index (χ1n) is 12.1. The predicted octanol–water partition coefficient (Wildman–Crippen LogP) is 8.85. The van der Waals surface area contributed by atoms with Gasteiger partial charge in [-0.3, -0.25) is 0 Å². The largest absolute Gasteiger partial charge is 0.482 e. The molecule has 4 rings (SSSR count). The molecule has 0 bridgehead atoms. The van der Waals surface area contributed by atoms with Gasteiger partial charge < -0.3 is 9.84 Å². The highest BCUT2D eigenvalue weighted by molar-refractivity contribution is 7.99. The third kappa shape index (κ3) is 7.62. The van der Waals surface area contributed by atoms with Crippen LogP contribution in [0.1, 0.15) is 38.7 Å². The molecule has 1 unspecified atom stereocenters. The van der Waals surface area contributed by atoms with E-state index in [0.29, 0.717) is 33.3 Å². The minimum absolute atomic E-state index is 0.369. The number of carbonyl (C=O) groups is 1. The zero-order chi connectivity index (χ0) is 29.9. The summed E-state index contributed by atoms with van der Waals surface area (Å²) in [6.07, 6.45) is -8.95. The lowest BCUT2D eigenvalue weighted by Gasteiger charge is -2.18. The van der Waals surface area contributed by atoms with Gasteiger partial charge in [-0.1, -0.05) is 24.3 Å². The van der Waals surface area contributed by atoms with Crippen LogP contribution < -0.4 is 4.74 Å². The van der Waals surface area contributed by atoms with Crippen molar-refractivity contribution in [2.24, 2.45) is 0 Å². The van der Waals surface area contributed by atoms with E-state index in [1.54, 1.807) is 26.0 Å². The molecule has 4 aromatic rings. The minimum atomic E-state index is -4.49. The molecule has 0 saturated carbocycles. The standard InChI is InChI=1S/C29H23F6NO3S2/c1-16-13-22(11-12-24(16)39-14-25(37)38)40-15-23(18-3-7-20(8-4-18)28(30,31)32)26-17(2)36-27(41-26)19-5-9-21(10-6-19)29(33,34)35/h3-13,23H,14-15H2,1-2H3,(H,37,38). The van der Waals surface area contributed by atoms with Crippen LogP contribution in [-0.4, -0.2) is 28.4 Å². The van der Waals surface area contributed by atoms with Crippen LogP contribution in [0.25, 0.3) is 10.6 Å². The Morgan fingerprint density at radius 1 is 0.927 bits per heavy atom. The molecule has 4 nitrogen and oxygen atoms in total. The van der Waals surface area contributed by atoms with Gasteiger partial charge in [0.15, 0.2) is 6.61 Å². The van der Waals surface area contributed by atoms with Gasteiger partial charge in [0.25, 0.3) is 0 Å². The summed E-state index contributed by atoms with van der Waals surface area (Å²) >= 11 is 2.74. The molecule has 1 atom stereocenters. The number of aromatic nitrogens is 1. The van der Waals surface area contributed by atoms with Gasteiger partial charge >= 0.3 is 18.3 Å². The SMILES string of the molecule is Cc1cc(SCC(c2ccc(C(F)(F)F)cc2)c2sc(-c3ccc(C(F)(F)F)cc3)nc2C)ccc1OCC(=O)O. The van der Waals surface area contributed by atoms with E-state index < -0.39 is 36.1 Å². The Kier molecular flexibility index (Phi) is 9.03. The molecule has 216 valence electrons. The zero-order valence-electron chi connectivity index (χ0n) is 21.6. The van der Waals surface area contributed by atoms with E-state index in [4.69, 9.17) is 9.84 Å². The maximum absolute atomic E-state index is 13.2. The molecule has 0 saturated heterocycles. The second-order valence-electron chi connectivity index (χ2n) is 9.14. The number of hydrogen-bond acceptors (Lipinski definition) is 5. The number of nitrogens with zero attached hydrogens (tertiary/aromatic N) is 1. The zero-order valence-corrected chi connectivity index (χ0v) is 23.3. The maximum atomic E-state index is 13.2. The number of thiazole rings is 1. The monoisotopic (exact) mass is 611 g/mol. The Labute approximate surface area is 240 Å². The Balaban J connectivity index is 1.64. The molecule has 0 aliphatic rings. The highest BCUT2D eigenvalue weighted by Crippen LogP contribution is 2.41. The smallest absolute Gasteiger partial charge is 0.416 e. The molecule has 12 heteroatoms. The average Bonchev–Trinajstić information content (AvgIpc) is 3.28. The van der Waals surface area contributed by atoms with Crippen LogP contribution in [0.15, 0.2) is 71.6 Å². The summed E-state index contributed by atoms with van der Waals surface area (Å²) in [5, 5.41) is 9.35. The first-order chi connectivity index (χ1) is 19.2. The summed E-state index contributed by atoms with van der Waals surface area (Å²) in [6.45, 7) is 3.06. The number of halogens is 6. The Morgan fingerprint density at radius 3 is 2.05 bits per heavy atom. The number of aryl methyl sites for hydroxylation is 2. The predicted molar refractivity (Wildman–Crippen MR) is 146 cm³/mol. The molecule has 0 amide bonds. The number of carboxylic acids is 1. The Morgan fingerprint density at radius 2 is 1.51 bits per heavy atom. The van der Waals surface area contributed by atoms with Crippen LogP contribution in [0.3, 0.4) is 0 Å². The van der Waals surface area contributed by atoms with Gasteiger partial charge in [-0.2, -0.15) is 26.3 Å². The molecule has 1 aromatic heterocycles. The summed E-state index contributed by atoms with van der Waals surface area (Å²) in [6, 6.07) is 14.9. The second kappa shape index (κ2) is 12.2. The number of hydrogen-bond donors (Lipinski definition) is 1. The van der Waals surface area contributed by atoms with Crippen molar-refractivity contribution in [2.75, 3.05) is 12.4 Å². The van der Waals surface area contributed by atoms with Crippen LogP contribution in [0.5, 0.6) is 5.75 Å². The van der Waals surface area contributed by atoms with E-state index >= 15 is 0 Å². The normalized spacial score (nSPS) is 12.8. The van der Waals surface area contributed by atoms with Gasteiger partial charge in [0, 0.05) is 27.0 Å². The van der Waals surface area contributed by atoms with Crippen molar-refractivity contribution in [3.8, 4) is 16.3 Å². The molecular formula is C29H23F6NO3S2. The average molecular weight is 612 g/mol. The van der Waals surface area contributed by atoms with Gasteiger partial charge in [-0.05, 0) is 67.4 Å². The summed E-state index contributed by atoms with van der Waals surface area (Å²) in [5.74, 6) is -0.616. The van der Waals surface area contributed by atoms with E-state index in [9.17, 15) is 31.1 Å². The molecule has 3 aromatic carbocycles.